The molecular formula is C15H13NO2S2. The lowest BCUT2D eigenvalue weighted by atomic mass is 10.3. The van der Waals surface area contributed by atoms with E-state index in [1.165, 1.54) is 0 Å². The van der Waals surface area contributed by atoms with Crippen LogP contribution in [0.3, 0.4) is 0 Å². The van der Waals surface area contributed by atoms with Gasteiger partial charge in [-0.15, -0.1) is 23.1 Å². The zero-order chi connectivity index (χ0) is 13.9. The van der Waals surface area contributed by atoms with E-state index in [2.05, 4.69) is 4.98 Å². The Hall–Kier alpha value is -1.72. The van der Waals surface area contributed by atoms with Crippen molar-refractivity contribution >= 4 is 23.1 Å². The molecule has 2 heterocycles. The molecular weight excluding hydrogens is 290 g/mol. The van der Waals surface area contributed by atoms with Gasteiger partial charge >= 0.3 is 0 Å². The van der Waals surface area contributed by atoms with Gasteiger partial charge < -0.3 is 9.52 Å². The van der Waals surface area contributed by atoms with Gasteiger partial charge in [-0.05, 0) is 36.6 Å². The molecule has 0 fully saturated rings. The van der Waals surface area contributed by atoms with E-state index in [1.54, 1.807) is 35.2 Å². The number of nitrogens with zero attached hydrogens (tertiary/aromatic N) is 1. The molecule has 3 aromatic rings. The second-order valence-electron chi connectivity index (χ2n) is 4.29. The normalized spacial score (nSPS) is 10.8. The van der Waals surface area contributed by atoms with Crippen molar-refractivity contribution < 1.29 is 9.52 Å². The van der Waals surface area contributed by atoms with Crippen molar-refractivity contribution in [3.8, 4) is 16.5 Å². The summed E-state index contributed by atoms with van der Waals surface area (Å²) in [4.78, 5) is 6.61. The first-order valence-electron chi connectivity index (χ1n) is 6.14. The van der Waals surface area contributed by atoms with Gasteiger partial charge in [0.25, 0.3) is 0 Å². The SMILES string of the molecule is Cc1oc(-c2cccs2)nc1CSc1cccc(O)c1. The van der Waals surface area contributed by atoms with Gasteiger partial charge in [-0.2, -0.15) is 0 Å². The Kier molecular flexibility index (Phi) is 3.80. The monoisotopic (exact) mass is 303 g/mol. The maximum atomic E-state index is 9.45. The highest BCUT2D eigenvalue weighted by atomic mass is 32.2. The molecule has 0 spiro atoms. The number of aryl methyl sites for hydroxylation is 1. The van der Waals surface area contributed by atoms with Crippen molar-refractivity contribution in [3.63, 3.8) is 0 Å². The number of hydrogen-bond donors (Lipinski definition) is 1. The van der Waals surface area contributed by atoms with Crippen molar-refractivity contribution in [2.45, 2.75) is 17.6 Å². The van der Waals surface area contributed by atoms with Crippen LogP contribution in [0.1, 0.15) is 11.5 Å². The molecule has 0 bridgehead atoms. The lowest BCUT2D eigenvalue weighted by Gasteiger charge is -2.00. The molecule has 0 radical (unpaired) electrons. The van der Waals surface area contributed by atoms with Crippen LogP contribution in [0.15, 0.2) is 51.1 Å². The Labute approximate surface area is 125 Å². The van der Waals surface area contributed by atoms with E-state index in [1.807, 2.05) is 36.6 Å². The van der Waals surface area contributed by atoms with Gasteiger partial charge in [0.2, 0.25) is 5.89 Å². The smallest absolute Gasteiger partial charge is 0.236 e. The van der Waals surface area contributed by atoms with Crippen molar-refractivity contribution in [1.82, 2.24) is 4.98 Å². The number of benzene rings is 1. The molecule has 0 amide bonds. The molecule has 3 nitrogen and oxygen atoms in total. The van der Waals surface area contributed by atoms with E-state index in [4.69, 9.17) is 4.42 Å². The van der Waals surface area contributed by atoms with Gasteiger partial charge in [-0.3, -0.25) is 0 Å². The van der Waals surface area contributed by atoms with Gasteiger partial charge in [0.15, 0.2) is 0 Å². The van der Waals surface area contributed by atoms with Crippen LogP contribution in [0.4, 0.5) is 0 Å². The summed E-state index contributed by atoms with van der Waals surface area (Å²) in [5.41, 5.74) is 0.946. The van der Waals surface area contributed by atoms with Crippen molar-refractivity contribution in [3.05, 3.63) is 53.2 Å². The largest absolute Gasteiger partial charge is 0.508 e. The van der Waals surface area contributed by atoms with Crippen LogP contribution in [0.2, 0.25) is 0 Å². The molecule has 1 N–H and O–H groups in total. The minimum atomic E-state index is 0.283. The number of phenols is 1. The molecule has 0 unspecified atom stereocenters. The van der Waals surface area contributed by atoms with Crippen LogP contribution in [-0.2, 0) is 5.75 Å². The molecule has 0 aliphatic heterocycles. The predicted molar refractivity (Wildman–Crippen MR) is 82.2 cm³/mol. The van der Waals surface area contributed by atoms with E-state index >= 15 is 0 Å². The Morgan fingerprint density at radius 3 is 2.95 bits per heavy atom. The molecule has 0 saturated heterocycles. The number of aromatic nitrogens is 1. The average molecular weight is 303 g/mol. The molecule has 20 heavy (non-hydrogen) atoms. The molecule has 102 valence electrons. The Morgan fingerprint density at radius 2 is 2.20 bits per heavy atom. The first-order valence-corrected chi connectivity index (χ1v) is 8.01. The Balaban J connectivity index is 1.75. The zero-order valence-electron chi connectivity index (χ0n) is 10.9. The van der Waals surface area contributed by atoms with Gasteiger partial charge in [0.1, 0.15) is 11.5 Å². The first kappa shape index (κ1) is 13.3. The van der Waals surface area contributed by atoms with Crippen molar-refractivity contribution in [2.75, 3.05) is 0 Å². The Bertz CT molecular complexity index is 704. The molecule has 2 aromatic heterocycles. The molecule has 1 aromatic carbocycles. The number of aromatic hydroxyl groups is 1. The highest BCUT2D eigenvalue weighted by Crippen LogP contribution is 2.30. The maximum Gasteiger partial charge on any atom is 0.236 e. The second-order valence-corrected chi connectivity index (χ2v) is 6.28. The molecule has 0 aliphatic rings. The third kappa shape index (κ3) is 2.89. The zero-order valence-corrected chi connectivity index (χ0v) is 12.5. The highest BCUT2D eigenvalue weighted by molar-refractivity contribution is 7.98. The fourth-order valence-electron chi connectivity index (χ4n) is 1.79. The van der Waals surface area contributed by atoms with Crippen LogP contribution < -0.4 is 0 Å². The summed E-state index contributed by atoms with van der Waals surface area (Å²) in [6.07, 6.45) is 0. The fourth-order valence-corrected chi connectivity index (χ4v) is 3.39. The van der Waals surface area contributed by atoms with Gasteiger partial charge in [-0.25, -0.2) is 4.98 Å². The molecule has 0 saturated carbocycles. The third-order valence-corrected chi connectivity index (χ3v) is 4.68. The number of rotatable bonds is 4. The predicted octanol–water partition coefficient (Wildman–Crippen LogP) is 4.71. The van der Waals surface area contributed by atoms with Crippen LogP contribution in [0.25, 0.3) is 10.8 Å². The lowest BCUT2D eigenvalue weighted by Crippen LogP contribution is -1.84. The number of hydrogen-bond acceptors (Lipinski definition) is 5. The quantitative estimate of drug-likeness (QED) is 0.709. The van der Waals surface area contributed by atoms with Crippen LogP contribution in [-0.4, -0.2) is 10.1 Å². The van der Waals surface area contributed by atoms with E-state index in [9.17, 15) is 5.11 Å². The summed E-state index contributed by atoms with van der Waals surface area (Å²) in [7, 11) is 0. The summed E-state index contributed by atoms with van der Waals surface area (Å²) in [5.74, 6) is 2.54. The maximum absolute atomic E-state index is 9.45. The summed E-state index contributed by atoms with van der Waals surface area (Å²) in [6, 6.07) is 11.2. The first-order chi connectivity index (χ1) is 9.72. The average Bonchev–Trinajstić information content (AvgIpc) is 3.06. The molecule has 5 heteroatoms. The summed E-state index contributed by atoms with van der Waals surface area (Å²) >= 11 is 3.25. The van der Waals surface area contributed by atoms with Gasteiger partial charge in [0, 0.05) is 10.6 Å². The van der Waals surface area contributed by atoms with Gasteiger partial charge in [-0.1, -0.05) is 12.1 Å². The molecule has 3 rings (SSSR count). The van der Waals surface area contributed by atoms with Crippen LogP contribution in [0.5, 0.6) is 5.75 Å². The van der Waals surface area contributed by atoms with E-state index in [0.717, 1.165) is 27.0 Å². The minimum Gasteiger partial charge on any atom is -0.508 e. The number of thiophene rings is 1. The fraction of sp³-hybridized carbons (Fsp3) is 0.133. The van der Waals surface area contributed by atoms with E-state index < -0.39 is 0 Å². The van der Waals surface area contributed by atoms with Crippen molar-refractivity contribution in [1.29, 1.82) is 0 Å². The third-order valence-electron chi connectivity index (χ3n) is 2.82. The molecule has 0 atom stereocenters. The van der Waals surface area contributed by atoms with Gasteiger partial charge in [0.05, 0.1) is 10.6 Å². The van der Waals surface area contributed by atoms with Crippen LogP contribution >= 0.6 is 23.1 Å². The Morgan fingerprint density at radius 1 is 1.30 bits per heavy atom. The number of thioether (sulfide) groups is 1. The minimum absolute atomic E-state index is 0.283. The van der Waals surface area contributed by atoms with Crippen molar-refractivity contribution in [2.24, 2.45) is 0 Å². The number of oxazole rings is 1. The molecule has 0 aliphatic carbocycles. The second kappa shape index (κ2) is 5.73. The summed E-state index contributed by atoms with van der Waals surface area (Å²) in [6.45, 7) is 1.93. The van der Waals surface area contributed by atoms with E-state index in [-0.39, 0.29) is 5.75 Å². The topological polar surface area (TPSA) is 46.3 Å². The summed E-state index contributed by atoms with van der Waals surface area (Å²) < 4.78 is 5.71. The standard InChI is InChI=1S/C15H13NO2S2/c1-10-13(9-20-12-5-2-4-11(17)8-12)16-15(18-10)14-6-3-7-19-14/h2-8,17H,9H2,1H3. The van der Waals surface area contributed by atoms with Crippen LogP contribution in [0, 0.1) is 6.92 Å². The highest BCUT2D eigenvalue weighted by Gasteiger charge is 2.12. The van der Waals surface area contributed by atoms with E-state index in [0.29, 0.717) is 5.89 Å². The number of phenolic OH excluding ortho intramolecular Hbond substituents is 1. The summed E-state index contributed by atoms with van der Waals surface area (Å²) in [5, 5.41) is 11.5. The lowest BCUT2D eigenvalue weighted by molar-refractivity contribution is 0.474.